The van der Waals surface area contributed by atoms with Gasteiger partial charge in [0, 0.05) is 13.2 Å². The van der Waals surface area contributed by atoms with Crippen molar-refractivity contribution in [3.05, 3.63) is 27.6 Å². The van der Waals surface area contributed by atoms with E-state index in [0.29, 0.717) is 29.1 Å². The summed E-state index contributed by atoms with van der Waals surface area (Å²) in [6.45, 7) is 4.52. The number of nitrogens with zero attached hydrogens (tertiary/aromatic N) is 1. The number of aromatic nitrogens is 2. The number of fused-ring (bicyclic) bond motifs is 1. The van der Waals surface area contributed by atoms with Gasteiger partial charge in [0.15, 0.2) is 0 Å². The molecule has 2 aromatic heterocycles. The quantitative estimate of drug-likeness (QED) is 0.883. The summed E-state index contributed by atoms with van der Waals surface area (Å²) in [6.07, 6.45) is 2.54. The van der Waals surface area contributed by atoms with Gasteiger partial charge >= 0.3 is 0 Å². The van der Waals surface area contributed by atoms with Gasteiger partial charge in [-0.05, 0) is 30.2 Å². The van der Waals surface area contributed by atoms with E-state index in [-0.39, 0.29) is 5.56 Å². The van der Waals surface area contributed by atoms with E-state index in [1.165, 1.54) is 11.3 Å². The zero-order valence-corrected chi connectivity index (χ0v) is 12.3. The Labute approximate surface area is 121 Å². The third-order valence-electron chi connectivity index (χ3n) is 3.81. The number of H-pyrrole nitrogens is 1. The molecule has 0 aromatic carbocycles. The van der Waals surface area contributed by atoms with E-state index in [1.807, 2.05) is 11.4 Å². The molecule has 0 bridgehead atoms. The summed E-state index contributed by atoms with van der Waals surface area (Å²) >= 11 is 1.43. The van der Waals surface area contributed by atoms with Crippen LogP contribution in [0, 0.1) is 5.92 Å². The van der Waals surface area contributed by atoms with Crippen molar-refractivity contribution in [2.45, 2.75) is 32.4 Å². The zero-order valence-electron chi connectivity index (χ0n) is 11.5. The van der Waals surface area contributed by atoms with Gasteiger partial charge in [-0.25, -0.2) is 4.98 Å². The molecule has 3 rings (SSSR count). The van der Waals surface area contributed by atoms with Crippen molar-refractivity contribution in [2.75, 3.05) is 13.2 Å². The second-order valence-electron chi connectivity index (χ2n) is 5.14. The van der Waals surface area contributed by atoms with E-state index < -0.39 is 0 Å². The van der Waals surface area contributed by atoms with Crippen molar-refractivity contribution in [3.63, 3.8) is 0 Å². The molecule has 5 nitrogen and oxygen atoms in total. The number of ether oxygens (including phenoxy) is 1. The maximum Gasteiger partial charge on any atom is 0.268 e. The molecule has 0 aliphatic carbocycles. The first-order chi connectivity index (χ1) is 9.78. The lowest BCUT2D eigenvalue weighted by Gasteiger charge is -2.17. The maximum atomic E-state index is 11.8. The first-order valence-corrected chi connectivity index (χ1v) is 7.94. The predicted molar refractivity (Wildman–Crippen MR) is 80.1 cm³/mol. The standard InChI is InChI=1S/C14H19N3O2S/c1-2-11-9(3-5-19-11)7-15-8-12-16-10-4-6-20-13(10)14(18)17-12/h4,6,9,11,15H,2-3,5,7-8H2,1H3,(H,16,17,18). The Bertz CT molecular complexity index is 637. The number of nitrogens with one attached hydrogen (secondary N) is 2. The van der Waals surface area contributed by atoms with Crippen molar-refractivity contribution in [1.29, 1.82) is 0 Å². The molecule has 108 valence electrons. The largest absolute Gasteiger partial charge is 0.378 e. The van der Waals surface area contributed by atoms with Gasteiger partial charge in [-0.3, -0.25) is 4.79 Å². The minimum Gasteiger partial charge on any atom is -0.378 e. The van der Waals surface area contributed by atoms with Gasteiger partial charge in [0.25, 0.3) is 5.56 Å². The molecule has 2 atom stereocenters. The number of hydrogen-bond donors (Lipinski definition) is 2. The highest BCUT2D eigenvalue weighted by Crippen LogP contribution is 2.22. The molecule has 0 amide bonds. The fourth-order valence-corrected chi connectivity index (χ4v) is 3.48. The van der Waals surface area contributed by atoms with Gasteiger partial charge in [0.2, 0.25) is 0 Å². The summed E-state index contributed by atoms with van der Waals surface area (Å²) in [4.78, 5) is 19.1. The zero-order chi connectivity index (χ0) is 13.9. The summed E-state index contributed by atoms with van der Waals surface area (Å²) in [6, 6.07) is 1.89. The Hall–Kier alpha value is -1.24. The van der Waals surface area contributed by atoms with Gasteiger partial charge in [-0.15, -0.1) is 11.3 Å². The Morgan fingerprint density at radius 2 is 2.50 bits per heavy atom. The molecule has 2 N–H and O–H groups in total. The van der Waals surface area contributed by atoms with E-state index in [2.05, 4.69) is 22.2 Å². The van der Waals surface area contributed by atoms with Crippen LogP contribution in [0.25, 0.3) is 10.2 Å². The second-order valence-corrected chi connectivity index (χ2v) is 6.06. The summed E-state index contributed by atoms with van der Waals surface area (Å²) < 4.78 is 6.37. The SMILES string of the molecule is CCC1OCCC1CNCc1nc2ccsc2c(=O)[nH]1. The third kappa shape index (κ3) is 2.77. The second kappa shape index (κ2) is 6.03. The van der Waals surface area contributed by atoms with E-state index in [0.717, 1.165) is 31.5 Å². The topological polar surface area (TPSA) is 67.0 Å². The smallest absolute Gasteiger partial charge is 0.268 e. The lowest BCUT2D eigenvalue weighted by molar-refractivity contribution is 0.0872. The first-order valence-electron chi connectivity index (χ1n) is 7.06. The van der Waals surface area contributed by atoms with Crippen LogP contribution in [-0.2, 0) is 11.3 Å². The highest BCUT2D eigenvalue weighted by Gasteiger charge is 2.26. The third-order valence-corrected chi connectivity index (χ3v) is 4.71. The monoisotopic (exact) mass is 293 g/mol. The van der Waals surface area contributed by atoms with Crippen molar-refractivity contribution >= 4 is 21.6 Å². The lowest BCUT2D eigenvalue weighted by Crippen LogP contribution is -2.29. The summed E-state index contributed by atoms with van der Waals surface area (Å²) in [7, 11) is 0. The normalized spacial score (nSPS) is 22.6. The molecule has 2 aromatic rings. The average Bonchev–Trinajstić information content (AvgIpc) is 3.07. The highest BCUT2D eigenvalue weighted by molar-refractivity contribution is 7.17. The fourth-order valence-electron chi connectivity index (χ4n) is 2.76. The molecule has 3 heterocycles. The van der Waals surface area contributed by atoms with Gasteiger partial charge < -0.3 is 15.0 Å². The lowest BCUT2D eigenvalue weighted by atomic mass is 10.00. The number of aromatic amines is 1. The molecular formula is C14H19N3O2S. The van der Waals surface area contributed by atoms with E-state index in [9.17, 15) is 4.79 Å². The van der Waals surface area contributed by atoms with Crippen molar-refractivity contribution < 1.29 is 4.74 Å². The first kappa shape index (κ1) is 13.7. The predicted octanol–water partition coefficient (Wildman–Crippen LogP) is 1.89. The van der Waals surface area contributed by atoms with Gasteiger partial charge in [-0.2, -0.15) is 0 Å². The van der Waals surface area contributed by atoms with E-state index in [1.54, 1.807) is 0 Å². The molecule has 0 radical (unpaired) electrons. The highest BCUT2D eigenvalue weighted by atomic mass is 32.1. The molecule has 6 heteroatoms. The fraction of sp³-hybridized carbons (Fsp3) is 0.571. The molecule has 2 unspecified atom stereocenters. The minimum absolute atomic E-state index is 0.0440. The Morgan fingerprint density at radius 3 is 3.35 bits per heavy atom. The van der Waals surface area contributed by atoms with Crippen LogP contribution in [0.1, 0.15) is 25.6 Å². The van der Waals surface area contributed by atoms with Crippen LogP contribution >= 0.6 is 11.3 Å². The maximum absolute atomic E-state index is 11.8. The van der Waals surface area contributed by atoms with Crippen LogP contribution < -0.4 is 10.9 Å². The average molecular weight is 293 g/mol. The van der Waals surface area contributed by atoms with E-state index in [4.69, 9.17) is 4.74 Å². The van der Waals surface area contributed by atoms with Crippen molar-refractivity contribution in [2.24, 2.45) is 5.92 Å². The molecule has 0 spiro atoms. The summed E-state index contributed by atoms with van der Waals surface area (Å²) in [5.74, 6) is 1.27. The van der Waals surface area contributed by atoms with Gasteiger partial charge in [0.05, 0.1) is 18.2 Å². The molecule has 1 saturated heterocycles. The Morgan fingerprint density at radius 1 is 1.60 bits per heavy atom. The van der Waals surface area contributed by atoms with Crippen molar-refractivity contribution in [3.8, 4) is 0 Å². The Kier molecular flexibility index (Phi) is 4.14. The van der Waals surface area contributed by atoms with Crippen LogP contribution in [0.5, 0.6) is 0 Å². The summed E-state index contributed by atoms with van der Waals surface area (Å²) in [5.41, 5.74) is 0.739. The van der Waals surface area contributed by atoms with Crippen LogP contribution in [-0.4, -0.2) is 29.2 Å². The van der Waals surface area contributed by atoms with Crippen molar-refractivity contribution in [1.82, 2.24) is 15.3 Å². The van der Waals surface area contributed by atoms with Crippen LogP contribution in [0.15, 0.2) is 16.2 Å². The summed E-state index contributed by atoms with van der Waals surface area (Å²) in [5, 5.41) is 5.28. The van der Waals surface area contributed by atoms with Crippen LogP contribution in [0.4, 0.5) is 0 Å². The molecular weight excluding hydrogens is 274 g/mol. The number of rotatable bonds is 5. The number of hydrogen-bond acceptors (Lipinski definition) is 5. The van der Waals surface area contributed by atoms with E-state index >= 15 is 0 Å². The van der Waals surface area contributed by atoms with Gasteiger partial charge in [-0.1, -0.05) is 6.92 Å². The molecule has 1 aliphatic rings. The van der Waals surface area contributed by atoms with Crippen LogP contribution in [0.2, 0.25) is 0 Å². The molecule has 1 fully saturated rings. The molecule has 20 heavy (non-hydrogen) atoms. The Balaban J connectivity index is 1.61. The number of thiophene rings is 1. The minimum atomic E-state index is -0.0440. The van der Waals surface area contributed by atoms with Crippen LogP contribution in [0.3, 0.4) is 0 Å². The molecule has 0 saturated carbocycles. The molecule has 1 aliphatic heterocycles. The van der Waals surface area contributed by atoms with Gasteiger partial charge in [0.1, 0.15) is 10.5 Å².